The highest BCUT2D eigenvalue weighted by atomic mass is 16.5. The molecule has 3 unspecified atom stereocenters. The molecule has 2 saturated carbocycles. The molecule has 1 amide bonds. The molecule has 3 atom stereocenters. The summed E-state index contributed by atoms with van der Waals surface area (Å²) in [6.45, 7) is 9.10. The Morgan fingerprint density at radius 1 is 1.07 bits per heavy atom. The highest BCUT2D eigenvalue weighted by molar-refractivity contribution is 5.93. The number of carbonyl (C=O) groups is 2. The summed E-state index contributed by atoms with van der Waals surface area (Å²) < 4.78 is 5.95. The molecule has 0 aliphatic heterocycles. The lowest BCUT2D eigenvalue weighted by molar-refractivity contribution is -0.116. The topological polar surface area (TPSA) is 55.4 Å². The monoisotopic (exact) mass is 399 g/mol. The van der Waals surface area contributed by atoms with Crippen molar-refractivity contribution in [3.05, 3.63) is 29.8 Å². The highest BCUT2D eigenvalue weighted by Crippen LogP contribution is 2.66. The summed E-state index contributed by atoms with van der Waals surface area (Å²) in [4.78, 5) is 24.7. The van der Waals surface area contributed by atoms with Crippen molar-refractivity contribution in [3.8, 4) is 0 Å². The second-order valence-electron chi connectivity index (χ2n) is 9.79. The quantitative estimate of drug-likeness (QED) is 0.388. The maximum atomic E-state index is 12.7. The molecule has 2 aliphatic carbocycles. The van der Waals surface area contributed by atoms with Crippen molar-refractivity contribution in [2.24, 2.45) is 16.7 Å². The van der Waals surface area contributed by atoms with Crippen LogP contribution in [0.2, 0.25) is 0 Å². The van der Waals surface area contributed by atoms with E-state index in [1.54, 1.807) is 24.3 Å². The summed E-state index contributed by atoms with van der Waals surface area (Å²) >= 11 is 0. The Morgan fingerprint density at radius 2 is 1.76 bits per heavy atom. The third-order valence-electron chi connectivity index (χ3n) is 7.87. The maximum Gasteiger partial charge on any atom is 0.338 e. The summed E-state index contributed by atoms with van der Waals surface area (Å²) in [5.74, 6) is 0.423. The minimum Gasteiger partial charge on any atom is -0.458 e. The molecule has 160 valence electrons. The first-order chi connectivity index (χ1) is 13.8. The van der Waals surface area contributed by atoms with Crippen LogP contribution >= 0.6 is 0 Å². The maximum absolute atomic E-state index is 12.7. The van der Waals surface area contributed by atoms with E-state index >= 15 is 0 Å². The average Bonchev–Trinajstić information content (AvgIpc) is 3.02. The lowest BCUT2D eigenvalue weighted by atomic mass is 9.70. The van der Waals surface area contributed by atoms with Crippen LogP contribution < -0.4 is 5.32 Å². The number of hydrogen-bond acceptors (Lipinski definition) is 3. The SMILES string of the molecule is CCCCCCCC(=O)Nc1ccc(C(=O)OC2CC3CCC2(C)C3(C)C)cc1. The molecule has 29 heavy (non-hydrogen) atoms. The van der Waals surface area contributed by atoms with E-state index < -0.39 is 0 Å². The Balaban J connectivity index is 1.49. The number of hydrogen-bond donors (Lipinski definition) is 1. The van der Waals surface area contributed by atoms with Crippen molar-refractivity contribution >= 4 is 17.6 Å². The van der Waals surface area contributed by atoms with Gasteiger partial charge >= 0.3 is 5.97 Å². The Kier molecular flexibility index (Phi) is 6.70. The third-order valence-corrected chi connectivity index (χ3v) is 7.87. The van der Waals surface area contributed by atoms with Gasteiger partial charge in [-0.15, -0.1) is 0 Å². The first kappa shape index (κ1) is 21.9. The van der Waals surface area contributed by atoms with E-state index in [-0.39, 0.29) is 28.8 Å². The van der Waals surface area contributed by atoms with Gasteiger partial charge in [-0.25, -0.2) is 4.79 Å². The first-order valence-corrected chi connectivity index (χ1v) is 11.4. The van der Waals surface area contributed by atoms with Crippen LogP contribution in [0.15, 0.2) is 24.3 Å². The molecule has 2 fully saturated rings. The lowest BCUT2D eigenvalue weighted by Gasteiger charge is -2.38. The van der Waals surface area contributed by atoms with Gasteiger partial charge in [0.15, 0.2) is 0 Å². The standard InChI is InChI=1S/C25H37NO3/c1-5-6-7-8-9-10-22(27)26-20-13-11-18(12-14-20)23(28)29-21-17-19-15-16-25(21,4)24(19,2)3/h11-14,19,21H,5-10,15-17H2,1-4H3,(H,26,27). The predicted molar refractivity (Wildman–Crippen MR) is 117 cm³/mol. The van der Waals surface area contributed by atoms with Crippen molar-refractivity contribution in [2.75, 3.05) is 5.32 Å². The minimum absolute atomic E-state index is 0.00385. The molecule has 2 bridgehead atoms. The summed E-state index contributed by atoms with van der Waals surface area (Å²) in [5, 5.41) is 2.92. The molecule has 1 N–H and O–H groups in total. The number of amides is 1. The van der Waals surface area contributed by atoms with E-state index in [0.29, 0.717) is 17.9 Å². The van der Waals surface area contributed by atoms with Gasteiger partial charge in [-0.2, -0.15) is 0 Å². The summed E-state index contributed by atoms with van der Waals surface area (Å²) in [6, 6.07) is 7.08. The van der Waals surface area contributed by atoms with Gasteiger partial charge in [0.2, 0.25) is 5.91 Å². The molecule has 4 nitrogen and oxygen atoms in total. The fourth-order valence-corrected chi connectivity index (χ4v) is 5.31. The van der Waals surface area contributed by atoms with Gasteiger partial charge in [0.05, 0.1) is 5.56 Å². The molecular weight excluding hydrogens is 362 g/mol. The minimum atomic E-state index is -0.256. The van der Waals surface area contributed by atoms with Gasteiger partial charge < -0.3 is 10.1 Å². The molecule has 0 saturated heterocycles. The zero-order valence-electron chi connectivity index (χ0n) is 18.6. The summed E-state index contributed by atoms with van der Waals surface area (Å²) in [5.41, 5.74) is 1.57. The third kappa shape index (κ3) is 4.51. The molecule has 0 aromatic heterocycles. The van der Waals surface area contributed by atoms with Crippen LogP contribution in [0.4, 0.5) is 5.69 Å². The smallest absolute Gasteiger partial charge is 0.338 e. The molecular formula is C25H37NO3. The second kappa shape index (κ2) is 8.89. The van der Waals surface area contributed by atoms with Crippen LogP contribution in [-0.4, -0.2) is 18.0 Å². The van der Waals surface area contributed by atoms with Gasteiger partial charge in [-0.1, -0.05) is 53.4 Å². The number of ether oxygens (including phenoxy) is 1. The van der Waals surface area contributed by atoms with E-state index in [2.05, 4.69) is 33.0 Å². The largest absolute Gasteiger partial charge is 0.458 e. The van der Waals surface area contributed by atoms with E-state index in [9.17, 15) is 9.59 Å². The number of esters is 1. The fourth-order valence-electron chi connectivity index (χ4n) is 5.31. The number of benzene rings is 1. The number of fused-ring (bicyclic) bond motifs is 2. The molecule has 0 radical (unpaired) electrons. The Morgan fingerprint density at radius 3 is 2.34 bits per heavy atom. The van der Waals surface area contributed by atoms with Gasteiger partial charge in [-0.05, 0) is 61.3 Å². The average molecular weight is 400 g/mol. The number of nitrogens with one attached hydrogen (secondary N) is 1. The lowest BCUT2D eigenvalue weighted by Crippen LogP contribution is -2.38. The van der Waals surface area contributed by atoms with E-state index in [0.717, 1.165) is 31.4 Å². The highest BCUT2D eigenvalue weighted by Gasteiger charge is 2.62. The van der Waals surface area contributed by atoms with Crippen LogP contribution in [0.3, 0.4) is 0 Å². The van der Waals surface area contributed by atoms with Crippen molar-refractivity contribution in [3.63, 3.8) is 0 Å². The van der Waals surface area contributed by atoms with Gasteiger partial charge in [-0.3, -0.25) is 4.79 Å². The van der Waals surface area contributed by atoms with Crippen LogP contribution in [0.25, 0.3) is 0 Å². The van der Waals surface area contributed by atoms with Crippen molar-refractivity contribution in [1.82, 2.24) is 0 Å². The fraction of sp³-hybridized carbons (Fsp3) is 0.680. The van der Waals surface area contributed by atoms with E-state index in [1.165, 1.54) is 25.7 Å². The second-order valence-corrected chi connectivity index (χ2v) is 9.79. The van der Waals surface area contributed by atoms with Crippen LogP contribution in [0.5, 0.6) is 0 Å². The molecule has 1 aromatic carbocycles. The zero-order valence-corrected chi connectivity index (χ0v) is 18.6. The molecule has 3 rings (SSSR count). The summed E-state index contributed by atoms with van der Waals surface area (Å²) in [6.07, 6.45) is 9.55. The number of carbonyl (C=O) groups excluding carboxylic acids is 2. The van der Waals surface area contributed by atoms with Crippen molar-refractivity contribution in [2.45, 2.75) is 91.6 Å². The molecule has 1 aromatic rings. The van der Waals surface area contributed by atoms with E-state index in [4.69, 9.17) is 4.74 Å². The summed E-state index contributed by atoms with van der Waals surface area (Å²) in [7, 11) is 0. The van der Waals surface area contributed by atoms with Gasteiger partial charge in [0, 0.05) is 17.5 Å². The number of rotatable bonds is 9. The number of anilines is 1. The van der Waals surface area contributed by atoms with Gasteiger partial charge in [0.1, 0.15) is 6.10 Å². The molecule has 0 heterocycles. The number of unbranched alkanes of at least 4 members (excludes halogenated alkanes) is 4. The van der Waals surface area contributed by atoms with E-state index in [1.807, 2.05) is 0 Å². The normalized spacial score (nSPS) is 27.0. The van der Waals surface area contributed by atoms with Crippen LogP contribution in [0.1, 0.15) is 95.8 Å². The predicted octanol–water partition coefficient (Wildman–Crippen LogP) is 6.36. The first-order valence-electron chi connectivity index (χ1n) is 11.4. The van der Waals surface area contributed by atoms with Gasteiger partial charge in [0.25, 0.3) is 0 Å². The zero-order chi connectivity index (χ0) is 21.1. The molecule has 4 heteroatoms. The molecule has 0 spiro atoms. The Hall–Kier alpha value is -1.84. The Labute approximate surface area is 175 Å². The van der Waals surface area contributed by atoms with Crippen molar-refractivity contribution < 1.29 is 14.3 Å². The Bertz CT molecular complexity index is 724. The van der Waals surface area contributed by atoms with Crippen LogP contribution in [-0.2, 0) is 9.53 Å². The molecule has 2 aliphatic rings. The van der Waals surface area contributed by atoms with Crippen molar-refractivity contribution in [1.29, 1.82) is 0 Å². The van der Waals surface area contributed by atoms with Crippen LogP contribution in [0, 0.1) is 16.7 Å².